The van der Waals surface area contributed by atoms with Crippen LogP contribution in [0, 0.1) is 0 Å². The minimum atomic E-state index is -0.143. The summed E-state index contributed by atoms with van der Waals surface area (Å²) in [4.78, 5) is 35.6. The number of benzene rings is 7. The highest BCUT2D eigenvalue weighted by Gasteiger charge is 2.34. The average molecular weight is 749 g/mol. The van der Waals surface area contributed by atoms with E-state index in [0.717, 1.165) is 75.4 Å². The van der Waals surface area contributed by atoms with Crippen LogP contribution in [0.2, 0.25) is 0 Å². The van der Waals surface area contributed by atoms with E-state index in [4.69, 9.17) is 42.7 Å². The highest BCUT2D eigenvalue weighted by molar-refractivity contribution is 7.79. The molecule has 7 aromatic carbocycles. The first kappa shape index (κ1) is 31.0. The highest BCUT2D eigenvalue weighted by atomic mass is 32.1. The third kappa shape index (κ3) is 4.57. The van der Waals surface area contributed by atoms with Gasteiger partial charge < -0.3 is 4.98 Å². The van der Waals surface area contributed by atoms with E-state index >= 15 is 0 Å². The van der Waals surface area contributed by atoms with Crippen LogP contribution in [0.3, 0.4) is 0 Å². The van der Waals surface area contributed by atoms with Crippen LogP contribution in [0.15, 0.2) is 133 Å². The third-order valence-electron chi connectivity index (χ3n) is 11.8. The van der Waals surface area contributed by atoms with Gasteiger partial charge in [0.25, 0.3) is 0 Å². The summed E-state index contributed by atoms with van der Waals surface area (Å²) in [5, 5.41) is 12.7. The standard InChI is InChI=1S/C48H28N8S/c57-56-47-39-23-31-15-7-8-16-32(31)24-40(39)48(56)55-46-38-22-30-14-6-4-12-28(30)20-36(38)44(53-46)51-42-34-18-26-10-2-1-9-25(26)17-33(34)41(49-42)50-43-35-19-27-11-3-5-13-29(27)21-37(35)45(52-43)54-47/h1-24,35,37,57H,(H,49,50,51,52,53,54,55). The molecular weight excluding hydrogens is 721 g/mol. The van der Waals surface area contributed by atoms with Crippen molar-refractivity contribution in [1.82, 2.24) is 38.9 Å². The molecule has 3 aliphatic rings. The van der Waals surface area contributed by atoms with Crippen LogP contribution in [-0.4, -0.2) is 38.9 Å². The van der Waals surface area contributed by atoms with Crippen molar-refractivity contribution in [2.75, 3.05) is 0 Å². The van der Waals surface area contributed by atoms with Gasteiger partial charge in [0.1, 0.15) is 22.9 Å². The lowest BCUT2D eigenvalue weighted by Crippen LogP contribution is -2.30. The molecule has 0 radical (unpaired) electrons. The molecule has 1 N–H and O–H groups in total. The first-order valence-corrected chi connectivity index (χ1v) is 19.4. The van der Waals surface area contributed by atoms with Crippen LogP contribution in [0.1, 0.15) is 23.5 Å². The van der Waals surface area contributed by atoms with E-state index in [2.05, 4.69) is 151 Å². The minimum absolute atomic E-state index is 0.135. The van der Waals surface area contributed by atoms with Gasteiger partial charge >= 0.3 is 0 Å². The summed E-state index contributed by atoms with van der Waals surface area (Å²) in [6.07, 6.45) is 4.56. The third-order valence-corrected chi connectivity index (χ3v) is 12.2. The quantitative estimate of drug-likeness (QED) is 0.150. The van der Waals surface area contributed by atoms with Gasteiger partial charge in [-0.3, -0.25) is 3.97 Å². The largest absolute Gasteiger partial charge is 0.324 e. The SMILES string of the molecule is Sn1c2nc3nc(nc4[nH]c(nc5nc(nc1c1cc6ccccc6cc12)C1C=c2ccccc2=CC51)c1cc2ccccc2cc41)-c1cc2ccccc2cc1-3. The van der Waals surface area contributed by atoms with Gasteiger partial charge in [-0.1, -0.05) is 122 Å². The number of aromatic amines is 1. The van der Waals surface area contributed by atoms with Gasteiger partial charge in [0.05, 0.1) is 11.8 Å². The molecule has 2 aliphatic heterocycles. The number of thiol groups is 1. The molecule has 2 atom stereocenters. The number of fused-ring (bicyclic) bond motifs is 24. The van der Waals surface area contributed by atoms with Crippen LogP contribution in [-0.2, 0) is 0 Å². The lowest BCUT2D eigenvalue weighted by molar-refractivity contribution is 0.794. The van der Waals surface area contributed by atoms with Crippen molar-refractivity contribution in [3.8, 4) is 22.8 Å². The Labute approximate surface area is 329 Å². The molecule has 0 fully saturated rings. The van der Waals surface area contributed by atoms with Crippen LogP contribution in [0.5, 0.6) is 0 Å². The number of nitrogens with zero attached hydrogens (tertiary/aromatic N) is 7. The smallest absolute Gasteiger partial charge is 0.164 e. The van der Waals surface area contributed by atoms with Crippen molar-refractivity contribution in [1.29, 1.82) is 0 Å². The predicted octanol–water partition coefficient (Wildman–Crippen LogP) is 9.30. The minimum Gasteiger partial charge on any atom is -0.324 e. The van der Waals surface area contributed by atoms with E-state index in [0.29, 0.717) is 45.9 Å². The molecule has 9 heteroatoms. The Morgan fingerprint density at radius 3 is 1.39 bits per heavy atom. The van der Waals surface area contributed by atoms with Crippen LogP contribution >= 0.6 is 12.8 Å². The zero-order valence-corrected chi connectivity index (χ0v) is 31.0. The van der Waals surface area contributed by atoms with Crippen LogP contribution in [0.4, 0.5) is 0 Å². The molecule has 5 heterocycles. The lowest BCUT2D eigenvalue weighted by Gasteiger charge is -2.15. The van der Waals surface area contributed by atoms with Gasteiger partial charge in [-0.25, -0.2) is 29.9 Å². The van der Waals surface area contributed by atoms with Gasteiger partial charge in [0, 0.05) is 32.7 Å². The normalized spacial score (nSPS) is 15.7. The van der Waals surface area contributed by atoms with E-state index in [1.807, 2.05) is 0 Å². The number of hydrogen-bond acceptors (Lipinski definition) is 7. The topological polar surface area (TPSA) is 98.1 Å². The summed E-state index contributed by atoms with van der Waals surface area (Å²) in [6.45, 7) is 0. The molecule has 57 heavy (non-hydrogen) atoms. The summed E-state index contributed by atoms with van der Waals surface area (Å²) in [7, 11) is 0. The predicted molar refractivity (Wildman–Crippen MR) is 232 cm³/mol. The van der Waals surface area contributed by atoms with E-state index in [1.165, 1.54) is 0 Å². The average Bonchev–Trinajstić information content (AvgIpc) is 3.94. The fourth-order valence-electron chi connectivity index (χ4n) is 8.98. The van der Waals surface area contributed by atoms with E-state index in [9.17, 15) is 0 Å². The molecule has 0 amide bonds. The number of rotatable bonds is 0. The van der Waals surface area contributed by atoms with Gasteiger partial charge in [0.2, 0.25) is 0 Å². The number of H-pyrrole nitrogens is 1. The molecule has 13 rings (SSSR count). The number of aromatic nitrogens is 8. The molecule has 0 saturated carbocycles. The van der Waals surface area contributed by atoms with Crippen molar-refractivity contribution in [2.45, 2.75) is 11.8 Å². The van der Waals surface area contributed by atoms with Crippen molar-refractivity contribution in [3.05, 3.63) is 156 Å². The van der Waals surface area contributed by atoms with Crippen molar-refractivity contribution < 1.29 is 0 Å². The summed E-state index contributed by atoms with van der Waals surface area (Å²) < 4.78 is 1.79. The fourth-order valence-corrected chi connectivity index (χ4v) is 9.29. The Kier molecular flexibility index (Phi) is 6.21. The lowest BCUT2D eigenvalue weighted by atomic mass is 9.87. The second-order valence-corrected chi connectivity index (χ2v) is 15.5. The summed E-state index contributed by atoms with van der Waals surface area (Å²) in [5.41, 5.74) is 4.46. The first-order chi connectivity index (χ1) is 28.1. The highest BCUT2D eigenvalue weighted by Crippen LogP contribution is 2.41. The first-order valence-electron chi connectivity index (χ1n) is 19.0. The van der Waals surface area contributed by atoms with Crippen molar-refractivity contribution in [3.63, 3.8) is 0 Å². The molecule has 3 aromatic heterocycles. The maximum atomic E-state index is 5.41. The Morgan fingerprint density at radius 1 is 0.421 bits per heavy atom. The molecule has 1 aliphatic carbocycles. The molecule has 0 spiro atoms. The monoisotopic (exact) mass is 748 g/mol. The molecule has 8 nitrogen and oxygen atoms in total. The van der Waals surface area contributed by atoms with Crippen LogP contribution < -0.4 is 10.4 Å². The molecule has 8 bridgehead atoms. The molecule has 266 valence electrons. The van der Waals surface area contributed by atoms with Crippen molar-refractivity contribution in [2.24, 2.45) is 0 Å². The van der Waals surface area contributed by atoms with Crippen LogP contribution in [0.25, 0.3) is 111 Å². The molecule has 10 aromatic rings. The second kappa shape index (κ2) is 11.4. The summed E-state index contributed by atoms with van der Waals surface area (Å²) in [6, 6.07) is 46.6. The molecule has 2 unspecified atom stereocenters. The van der Waals surface area contributed by atoms with Crippen molar-refractivity contribution >= 4 is 101 Å². The zero-order chi connectivity index (χ0) is 37.4. The zero-order valence-electron chi connectivity index (χ0n) is 30.1. The van der Waals surface area contributed by atoms with Gasteiger partial charge in [-0.05, 0) is 79.2 Å². The summed E-state index contributed by atoms with van der Waals surface area (Å²) in [5.74, 6) is 2.20. The van der Waals surface area contributed by atoms with E-state index in [-0.39, 0.29) is 11.8 Å². The van der Waals surface area contributed by atoms with E-state index in [1.54, 1.807) is 3.97 Å². The summed E-state index contributed by atoms with van der Waals surface area (Å²) >= 11 is 5.16. The van der Waals surface area contributed by atoms with Gasteiger partial charge in [-0.2, -0.15) is 0 Å². The van der Waals surface area contributed by atoms with Gasteiger partial charge in [-0.15, -0.1) is 0 Å². The Balaban J connectivity index is 1.24. The van der Waals surface area contributed by atoms with Gasteiger partial charge in [0.15, 0.2) is 22.9 Å². The number of nitrogens with one attached hydrogen (secondary N) is 1. The Morgan fingerprint density at radius 2 is 0.842 bits per heavy atom. The number of hydrogen-bond donors (Lipinski definition) is 2. The fraction of sp³-hybridized carbons (Fsp3) is 0.0417. The second-order valence-electron chi connectivity index (χ2n) is 15.1. The van der Waals surface area contributed by atoms with E-state index < -0.39 is 0 Å². The maximum absolute atomic E-state index is 5.41. The Hall–Kier alpha value is -7.23. The molecular formula is C48H28N8S. The Bertz CT molecular complexity index is 3750. The maximum Gasteiger partial charge on any atom is 0.164 e. The molecule has 0 saturated heterocycles.